The number of rotatable bonds is 13. The third kappa shape index (κ3) is 10.4. The number of H-pyrrole nitrogens is 1. The summed E-state index contributed by atoms with van der Waals surface area (Å²) in [5.41, 5.74) is 1.63. The summed E-state index contributed by atoms with van der Waals surface area (Å²) >= 11 is 6.50. The summed E-state index contributed by atoms with van der Waals surface area (Å²) in [4.78, 5) is 63.4. The minimum absolute atomic E-state index is 0.0190. The van der Waals surface area contributed by atoms with E-state index in [-0.39, 0.29) is 45.7 Å². The molecular weight excluding hydrogens is 759 g/mol. The molecule has 0 spiro atoms. The van der Waals surface area contributed by atoms with E-state index in [0.29, 0.717) is 54.5 Å². The van der Waals surface area contributed by atoms with Crippen LogP contribution in [0.25, 0.3) is 22.4 Å². The van der Waals surface area contributed by atoms with Crippen LogP contribution in [0.15, 0.2) is 60.9 Å². The number of alkyl halides is 3. The van der Waals surface area contributed by atoms with E-state index in [1.807, 2.05) is 13.8 Å². The first kappa shape index (κ1) is 41.1. The summed E-state index contributed by atoms with van der Waals surface area (Å²) in [5, 5.41) is 13.1. The van der Waals surface area contributed by atoms with Gasteiger partial charge in [0.05, 0.1) is 41.3 Å². The minimum atomic E-state index is -5.06. The maximum Gasteiger partial charge on any atom is 0.573 e. The fraction of sp³-hybridized carbons (Fsp3) is 0.351. The standard InChI is InChI=1S/C37H41ClF3N9O6/c1-20(2)31(49-36(54)55-4)34(52)50-15-5-6-28(50)32-46-19-27(47-32)22-9-7-21(8-10-22)24-16-25(38)26(17-29(24)56-37(39,40)41)48-33(51)23-11-12-30(45-18-23)43-13-14-44-35(53)42-3/h7-12,16-20,28,31H,5-6,13-15H2,1-4H3,(H,43,45)(H,46,47)(H,48,51)(H,49,54)(H2,42,44,53)/t28-,31-/m0/s1. The van der Waals surface area contributed by atoms with Gasteiger partial charge in [0, 0.05) is 44.5 Å². The molecule has 298 valence electrons. The number of likely N-dealkylation sites (tertiary alicyclic amines) is 1. The van der Waals surface area contributed by atoms with Crippen molar-refractivity contribution in [2.24, 2.45) is 5.92 Å². The average Bonchev–Trinajstić information content (AvgIpc) is 3.87. The number of amides is 5. The zero-order valence-corrected chi connectivity index (χ0v) is 31.6. The van der Waals surface area contributed by atoms with Crippen molar-refractivity contribution in [3.8, 4) is 28.1 Å². The zero-order valence-electron chi connectivity index (χ0n) is 30.8. The predicted molar refractivity (Wildman–Crippen MR) is 202 cm³/mol. The summed E-state index contributed by atoms with van der Waals surface area (Å²) in [7, 11) is 2.73. The highest BCUT2D eigenvalue weighted by Gasteiger charge is 2.37. The number of carbonyl (C=O) groups is 4. The highest BCUT2D eigenvalue weighted by atomic mass is 35.5. The number of halogens is 4. The first-order chi connectivity index (χ1) is 26.7. The van der Waals surface area contributed by atoms with Crippen LogP contribution in [0.4, 0.5) is 34.3 Å². The molecule has 56 heavy (non-hydrogen) atoms. The third-order valence-corrected chi connectivity index (χ3v) is 9.17. The molecule has 5 rings (SSSR count). The second kappa shape index (κ2) is 18.1. The monoisotopic (exact) mass is 799 g/mol. The van der Waals surface area contributed by atoms with Gasteiger partial charge in [-0.2, -0.15) is 0 Å². The molecule has 1 aliphatic rings. The number of nitrogens with one attached hydrogen (secondary N) is 6. The molecule has 1 saturated heterocycles. The van der Waals surface area contributed by atoms with Gasteiger partial charge in [0.2, 0.25) is 5.91 Å². The number of nitrogens with zero attached hydrogens (tertiary/aromatic N) is 3. The van der Waals surface area contributed by atoms with Crippen LogP contribution in [-0.4, -0.2) is 90.0 Å². The summed E-state index contributed by atoms with van der Waals surface area (Å²) in [6.07, 6.45) is -1.48. The largest absolute Gasteiger partial charge is 0.573 e. The van der Waals surface area contributed by atoms with Crippen LogP contribution >= 0.6 is 11.6 Å². The van der Waals surface area contributed by atoms with Crippen LogP contribution in [0.3, 0.4) is 0 Å². The summed E-state index contributed by atoms with van der Waals surface area (Å²) < 4.78 is 49.9. The number of methoxy groups -OCH3 is 1. The number of ether oxygens (including phenoxy) is 2. The summed E-state index contributed by atoms with van der Waals surface area (Å²) in [5.74, 6) is -0.728. The quantitative estimate of drug-likeness (QED) is 0.0840. The highest BCUT2D eigenvalue weighted by Crippen LogP contribution is 2.41. The van der Waals surface area contributed by atoms with Gasteiger partial charge in [0.25, 0.3) is 5.91 Å². The SMILES string of the molecule is CNC(=O)NCCNc1ccc(C(=O)Nc2cc(OC(F)(F)F)c(-c3ccc(-c4cnc([C@@H]5CCCN5C(=O)[C@@H](NC(=O)OC)C(C)C)[nH]4)cc3)cc2Cl)cn1. The smallest absolute Gasteiger partial charge is 0.453 e. The molecule has 0 radical (unpaired) electrons. The first-order valence-corrected chi connectivity index (χ1v) is 17.9. The van der Waals surface area contributed by atoms with Crippen LogP contribution in [0.1, 0.15) is 48.9 Å². The second-order valence-corrected chi connectivity index (χ2v) is 13.4. The number of aromatic amines is 1. The number of benzene rings is 2. The van der Waals surface area contributed by atoms with E-state index in [4.69, 9.17) is 16.3 Å². The van der Waals surface area contributed by atoms with Crippen molar-refractivity contribution in [2.75, 3.05) is 44.4 Å². The second-order valence-electron chi connectivity index (χ2n) is 13.0. The molecule has 2 aromatic heterocycles. The third-order valence-electron chi connectivity index (χ3n) is 8.86. The van der Waals surface area contributed by atoms with Crippen molar-refractivity contribution in [2.45, 2.75) is 45.1 Å². The molecule has 4 aromatic rings. The van der Waals surface area contributed by atoms with Gasteiger partial charge in [-0.05, 0) is 48.1 Å². The Labute approximate surface area is 325 Å². The fourth-order valence-corrected chi connectivity index (χ4v) is 6.25. The number of carbonyl (C=O) groups excluding carboxylic acids is 4. The van der Waals surface area contributed by atoms with Crippen molar-refractivity contribution in [1.29, 1.82) is 0 Å². The van der Waals surface area contributed by atoms with Crippen molar-refractivity contribution in [1.82, 2.24) is 35.8 Å². The van der Waals surface area contributed by atoms with Crippen LogP contribution in [0.2, 0.25) is 5.02 Å². The van der Waals surface area contributed by atoms with E-state index in [9.17, 15) is 32.3 Å². The lowest BCUT2D eigenvalue weighted by molar-refractivity contribution is -0.274. The normalized spacial score (nSPS) is 14.5. The van der Waals surface area contributed by atoms with Crippen LogP contribution < -0.4 is 31.3 Å². The molecule has 6 N–H and O–H groups in total. The maximum atomic E-state index is 13.6. The molecule has 2 atom stereocenters. The molecule has 3 heterocycles. The maximum absolute atomic E-state index is 13.6. The lowest BCUT2D eigenvalue weighted by atomic mass is 10.0. The Hall–Kier alpha value is -6.04. The number of hydrogen-bond acceptors (Lipinski definition) is 9. The Kier molecular flexibility index (Phi) is 13.3. The lowest BCUT2D eigenvalue weighted by Crippen LogP contribution is -2.51. The summed E-state index contributed by atoms with van der Waals surface area (Å²) in [6.45, 7) is 4.82. The fourth-order valence-electron chi connectivity index (χ4n) is 6.04. The van der Waals surface area contributed by atoms with Gasteiger partial charge in [0.1, 0.15) is 23.4 Å². The van der Waals surface area contributed by atoms with E-state index in [1.54, 1.807) is 35.4 Å². The Morgan fingerprint density at radius 2 is 1.75 bits per heavy atom. The number of aromatic nitrogens is 3. The first-order valence-electron chi connectivity index (χ1n) is 17.5. The molecule has 0 bridgehead atoms. The van der Waals surface area contributed by atoms with Gasteiger partial charge in [-0.3, -0.25) is 9.59 Å². The molecule has 0 unspecified atom stereocenters. The van der Waals surface area contributed by atoms with E-state index < -0.39 is 30.2 Å². The van der Waals surface area contributed by atoms with E-state index in [0.717, 1.165) is 12.5 Å². The lowest BCUT2D eigenvalue weighted by Gasteiger charge is -2.30. The minimum Gasteiger partial charge on any atom is -0.453 e. The average molecular weight is 800 g/mol. The van der Waals surface area contributed by atoms with Crippen molar-refractivity contribution < 1.29 is 41.8 Å². The van der Waals surface area contributed by atoms with Gasteiger partial charge in [-0.15, -0.1) is 13.2 Å². The number of hydrogen-bond donors (Lipinski definition) is 6. The zero-order chi connectivity index (χ0) is 40.6. The Morgan fingerprint density at radius 1 is 1.02 bits per heavy atom. The Morgan fingerprint density at radius 3 is 2.39 bits per heavy atom. The number of alkyl carbamates (subject to hydrolysis) is 1. The number of urea groups is 1. The molecular formula is C37H41ClF3N9O6. The summed E-state index contributed by atoms with van der Waals surface area (Å²) in [6, 6.07) is 10.3. The molecule has 1 fully saturated rings. The molecule has 0 aliphatic carbocycles. The van der Waals surface area contributed by atoms with Gasteiger partial charge in [-0.1, -0.05) is 49.7 Å². The van der Waals surface area contributed by atoms with Crippen LogP contribution in [0, 0.1) is 5.92 Å². The number of anilines is 2. The topological polar surface area (TPSA) is 192 Å². The number of pyridine rings is 1. The predicted octanol–water partition coefficient (Wildman–Crippen LogP) is 6.33. The van der Waals surface area contributed by atoms with Crippen molar-refractivity contribution in [3.05, 3.63) is 77.3 Å². The van der Waals surface area contributed by atoms with Gasteiger partial charge in [-0.25, -0.2) is 19.6 Å². The van der Waals surface area contributed by atoms with Crippen molar-refractivity contribution >= 4 is 47.0 Å². The molecule has 15 nitrogen and oxygen atoms in total. The van der Waals surface area contributed by atoms with Crippen LogP contribution in [0.5, 0.6) is 5.75 Å². The highest BCUT2D eigenvalue weighted by molar-refractivity contribution is 6.34. The van der Waals surface area contributed by atoms with Gasteiger partial charge < -0.3 is 45.9 Å². The van der Waals surface area contributed by atoms with E-state index in [1.165, 1.54) is 38.6 Å². The number of imidazole rings is 1. The van der Waals surface area contributed by atoms with Gasteiger partial charge in [0.15, 0.2) is 0 Å². The molecule has 0 saturated carbocycles. The molecule has 1 aliphatic heterocycles. The molecule has 2 aromatic carbocycles. The molecule has 19 heteroatoms. The Bertz CT molecular complexity index is 2030. The van der Waals surface area contributed by atoms with E-state index in [2.05, 4.69) is 46.3 Å². The van der Waals surface area contributed by atoms with Crippen LogP contribution in [-0.2, 0) is 9.53 Å². The van der Waals surface area contributed by atoms with Crippen molar-refractivity contribution in [3.63, 3.8) is 0 Å². The Balaban J connectivity index is 1.30. The van der Waals surface area contributed by atoms with Gasteiger partial charge >= 0.3 is 18.5 Å². The van der Waals surface area contributed by atoms with E-state index >= 15 is 0 Å². The molecule has 5 amide bonds.